The SMILES string of the molecule is Cc1ccc(-c2nc(C3=NC=C4C=CC(=O)NC5=C4N3CC5)cs2)cc1. The van der Waals surface area contributed by atoms with E-state index in [1.807, 2.05) is 12.3 Å². The Kier molecular flexibility index (Phi) is 3.39. The number of aryl methyl sites for hydroxylation is 1. The quantitative estimate of drug-likeness (QED) is 0.893. The minimum atomic E-state index is -0.0819. The molecular formula is C20H16N4OS. The summed E-state index contributed by atoms with van der Waals surface area (Å²) < 4.78 is 0. The highest BCUT2D eigenvalue weighted by Gasteiger charge is 2.33. The summed E-state index contributed by atoms with van der Waals surface area (Å²) in [7, 11) is 0. The van der Waals surface area contributed by atoms with Gasteiger partial charge in [-0.25, -0.2) is 9.98 Å². The Labute approximate surface area is 155 Å². The molecule has 4 heterocycles. The monoisotopic (exact) mass is 360 g/mol. The zero-order valence-electron chi connectivity index (χ0n) is 14.2. The van der Waals surface area contributed by atoms with E-state index in [0.29, 0.717) is 0 Å². The van der Waals surface area contributed by atoms with Crippen molar-refractivity contribution in [1.29, 1.82) is 0 Å². The molecule has 3 aliphatic rings. The lowest BCUT2D eigenvalue weighted by Gasteiger charge is -2.26. The molecule has 0 spiro atoms. The van der Waals surface area contributed by atoms with Crippen LogP contribution in [0.3, 0.4) is 0 Å². The van der Waals surface area contributed by atoms with Gasteiger partial charge in [-0.3, -0.25) is 4.79 Å². The molecule has 0 atom stereocenters. The largest absolute Gasteiger partial charge is 0.324 e. The molecule has 0 bridgehead atoms. The predicted octanol–water partition coefficient (Wildman–Crippen LogP) is 3.37. The molecule has 0 saturated carbocycles. The lowest BCUT2D eigenvalue weighted by Crippen LogP contribution is -2.31. The molecule has 5 rings (SSSR count). The van der Waals surface area contributed by atoms with Crippen LogP contribution in [0.25, 0.3) is 10.6 Å². The van der Waals surface area contributed by atoms with Crippen LogP contribution in [0.4, 0.5) is 0 Å². The molecule has 0 radical (unpaired) electrons. The predicted molar refractivity (Wildman–Crippen MR) is 103 cm³/mol. The minimum absolute atomic E-state index is 0.0819. The van der Waals surface area contributed by atoms with Crippen molar-refractivity contribution in [3.05, 3.63) is 76.2 Å². The Bertz CT molecular complexity index is 1040. The second-order valence-corrected chi connectivity index (χ2v) is 7.35. The van der Waals surface area contributed by atoms with Gasteiger partial charge in [0.25, 0.3) is 0 Å². The van der Waals surface area contributed by atoms with Crippen molar-refractivity contribution in [2.45, 2.75) is 13.3 Å². The van der Waals surface area contributed by atoms with E-state index in [1.54, 1.807) is 17.4 Å². The van der Waals surface area contributed by atoms with Crippen molar-refractivity contribution in [2.75, 3.05) is 6.54 Å². The van der Waals surface area contributed by atoms with Crippen molar-refractivity contribution in [3.8, 4) is 10.6 Å². The van der Waals surface area contributed by atoms with Crippen LogP contribution in [0, 0.1) is 6.92 Å². The van der Waals surface area contributed by atoms with E-state index < -0.39 is 0 Å². The van der Waals surface area contributed by atoms with Crippen LogP contribution in [0.15, 0.2) is 70.0 Å². The molecule has 5 nitrogen and oxygen atoms in total. The summed E-state index contributed by atoms with van der Waals surface area (Å²) in [6, 6.07) is 8.39. The molecular weight excluding hydrogens is 344 g/mol. The standard InChI is InChI=1S/C20H16N4OS/c1-12-2-4-13(5-3-12)20-23-16(11-26-20)19-21-10-14-6-7-17(25)22-15-8-9-24(19)18(14)15/h2-7,10-11H,8-9H2,1H3,(H,22,25). The van der Waals surface area contributed by atoms with Gasteiger partial charge in [0.05, 0.1) is 5.70 Å². The van der Waals surface area contributed by atoms with E-state index in [0.717, 1.165) is 52.0 Å². The Morgan fingerprint density at radius 1 is 1.19 bits per heavy atom. The maximum atomic E-state index is 11.8. The number of rotatable bonds is 2. The van der Waals surface area contributed by atoms with E-state index in [1.165, 1.54) is 5.56 Å². The number of allylic oxidation sites excluding steroid dienone is 1. The first-order valence-corrected chi connectivity index (χ1v) is 9.38. The fourth-order valence-electron chi connectivity index (χ4n) is 3.43. The third-order valence-corrected chi connectivity index (χ3v) is 5.61. The first-order valence-electron chi connectivity index (χ1n) is 8.50. The van der Waals surface area contributed by atoms with Crippen LogP contribution >= 0.6 is 11.3 Å². The fourth-order valence-corrected chi connectivity index (χ4v) is 4.23. The van der Waals surface area contributed by atoms with Gasteiger partial charge in [-0.15, -0.1) is 11.3 Å². The topological polar surface area (TPSA) is 57.6 Å². The summed E-state index contributed by atoms with van der Waals surface area (Å²) >= 11 is 1.62. The van der Waals surface area contributed by atoms with Gasteiger partial charge < -0.3 is 10.2 Å². The summed E-state index contributed by atoms with van der Waals surface area (Å²) in [5, 5.41) is 6.01. The summed E-state index contributed by atoms with van der Waals surface area (Å²) in [5.74, 6) is 0.763. The summed E-state index contributed by atoms with van der Waals surface area (Å²) in [6.45, 7) is 2.88. The van der Waals surface area contributed by atoms with Gasteiger partial charge in [0, 0.05) is 47.5 Å². The summed E-state index contributed by atoms with van der Waals surface area (Å²) in [4.78, 5) is 23.5. The van der Waals surface area contributed by atoms with E-state index in [2.05, 4.69) is 51.8 Å². The number of amidine groups is 1. The van der Waals surface area contributed by atoms with Crippen LogP contribution < -0.4 is 5.32 Å². The third kappa shape index (κ3) is 2.42. The van der Waals surface area contributed by atoms with E-state index in [4.69, 9.17) is 4.98 Å². The molecule has 0 saturated heterocycles. The van der Waals surface area contributed by atoms with E-state index in [-0.39, 0.29) is 5.91 Å². The first-order chi connectivity index (χ1) is 12.7. The molecule has 2 aromatic rings. The molecule has 1 N–H and O–H groups in total. The van der Waals surface area contributed by atoms with E-state index >= 15 is 0 Å². The lowest BCUT2D eigenvalue weighted by molar-refractivity contribution is -0.115. The van der Waals surface area contributed by atoms with Gasteiger partial charge >= 0.3 is 0 Å². The Balaban J connectivity index is 1.53. The number of aliphatic imine (C=N–C) groups is 1. The van der Waals surface area contributed by atoms with Crippen LogP contribution in [-0.4, -0.2) is 28.2 Å². The Morgan fingerprint density at radius 3 is 2.88 bits per heavy atom. The molecule has 1 aromatic carbocycles. The molecule has 0 aliphatic carbocycles. The number of carbonyl (C=O) groups excluding carboxylic acids is 1. The molecule has 128 valence electrons. The van der Waals surface area contributed by atoms with Crippen LogP contribution in [0.5, 0.6) is 0 Å². The minimum Gasteiger partial charge on any atom is -0.324 e. The number of nitrogens with zero attached hydrogens (tertiary/aromatic N) is 3. The molecule has 0 unspecified atom stereocenters. The molecule has 3 aliphatic heterocycles. The summed E-state index contributed by atoms with van der Waals surface area (Å²) in [6.07, 6.45) is 6.01. The van der Waals surface area contributed by atoms with Crippen molar-refractivity contribution in [3.63, 3.8) is 0 Å². The number of thiazole rings is 1. The average Bonchev–Trinajstić information content (AvgIpc) is 3.25. The Hall–Kier alpha value is -2.99. The van der Waals surface area contributed by atoms with Gasteiger partial charge in [0.15, 0.2) is 5.84 Å². The number of hydrogen-bond donors (Lipinski definition) is 1. The first kappa shape index (κ1) is 15.3. The zero-order valence-corrected chi connectivity index (χ0v) is 15.0. The van der Waals surface area contributed by atoms with Crippen LogP contribution in [0.2, 0.25) is 0 Å². The molecule has 1 amide bonds. The van der Waals surface area contributed by atoms with Gasteiger partial charge in [-0.05, 0) is 13.0 Å². The molecule has 1 aromatic heterocycles. The van der Waals surface area contributed by atoms with Gasteiger partial charge in [0.2, 0.25) is 5.91 Å². The maximum Gasteiger partial charge on any atom is 0.248 e. The van der Waals surface area contributed by atoms with Crippen molar-refractivity contribution in [2.24, 2.45) is 4.99 Å². The van der Waals surface area contributed by atoms with Crippen molar-refractivity contribution in [1.82, 2.24) is 15.2 Å². The van der Waals surface area contributed by atoms with Gasteiger partial charge in [-0.1, -0.05) is 29.8 Å². The summed E-state index contributed by atoms with van der Waals surface area (Å²) in [5.41, 5.74) is 6.20. The number of amides is 1. The number of benzene rings is 1. The molecule has 6 heteroatoms. The van der Waals surface area contributed by atoms with Gasteiger partial charge in [0.1, 0.15) is 10.7 Å². The maximum absolute atomic E-state index is 11.8. The average molecular weight is 360 g/mol. The fraction of sp³-hybridized carbons (Fsp3) is 0.150. The number of aromatic nitrogens is 1. The number of carbonyl (C=O) groups is 1. The molecule has 26 heavy (non-hydrogen) atoms. The highest BCUT2D eigenvalue weighted by Crippen LogP contribution is 2.35. The third-order valence-electron chi connectivity index (χ3n) is 4.72. The highest BCUT2D eigenvalue weighted by molar-refractivity contribution is 7.13. The second-order valence-electron chi connectivity index (χ2n) is 6.49. The van der Waals surface area contributed by atoms with E-state index in [9.17, 15) is 4.79 Å². The van der Waals surface area contributed by atoms with Crippen molar-refractivity contribution >= 4 is 23.1 Å². The normalized spacial score (nSPS) is 18.3. The number of nitrogens with one attached hydrogen (secondary N) is 1. The zero-order chi connectivity index (χ0) is 17.7. The smallest absolute Gasteiger partial charge is 0.248 e. The highest BCUT2D eigenvalue weighted by atomic mass is 32.1. The molecule has 0 fully saturated rings. The van der Waals surface area contributed by atoms with Gasteiger partial charge in [-0.2, -0.15) is 0 Å². The van der Waals surface area contributed by atoms with Crippen LogP contribution in [-0.2, 0) is 4.79 Å². The number of hydrogen-bond acceptors (Lipinski definition) is 5. The van der Waals surface area contributed by atoms with Crippen LogP contribution in [0.1, 0.15) is 17.7 Å². The Morgan fingerprint density at radius 2 is 2.04 bits per heavy atom. The van der Waals surface area contributed by atoms with Crippen molar-refractivity contribution < 1.29 is 4.79 Å². The lowest BCUT2D eigenvalue weighted by atomic mass is 10.1. The second kappa shape index (κ2) is 5.78.